The van der Waals surface area contributed by atoms with Crippen molar-refractivity contribution in [2.75, 3.05) is 5.32 Å². The SMILES string of the molecule is C/C(=N\NC(=S)Nc1ccccc1)C1=CC=CC1. The number of para-hydroxylation sites is 1. The average Bonchev–Trinajstić information content (AvgIpc) is 2.91. The Kier molecular flexibility index (Phi) is 4.25. The molecule has 0 bridgehead atoms. The number of hydrogen-bond donors (Lipinski definition) is 2. The molecule has 0 aromatic heterocycles. The smallest absolute Gasteiger partial charge is 0.191 e. The van der Waals surface area contributed by atoms with E-state index in [1.165, 1.54) is 5.57 Å². The monoisotopic (exact) mass is 257 g/mol. The van der Waals surface area contributed by atoms with Crippen molar-refractivity contribution in [2.24, 2.45) is 5.10 Å². The average molecular weight is 257 g/mol. The van der Waals surface area contributed by atoms with Crippen LogP contribution in [0, 0.1) is 0 Å². The molecule has 0 atom stereocenters. The van der Waals surface area contributed by atoms with Crippen LogP contribution in [-0.4, -0.2) is 10.8 Å². The van der Waals surface area contributed by atoms with E-state index >= 15 is 0 Å². The number of benzene rings is 1. The summed E-state index contributed by atoms with van der Waals surface area (Å²) in [4.78, 5) is 0. The zero-order valence-corrected chi connectivity index (χ0v) is 11.0. The van der Waals surface area contributed by atoms with Gasteiger partial charge in [-0.05, 0) is 43.3 Å². The van der Waals surface area contributed by atoms with E-state index in [0.29, 0.717) is 5.11 Å². The summed E-state index contributed by atoms with van der Waals surface area (Å²) in [6, 6.07) is 9.77. The molecule has 2 N–H and O–H groups in total. The highest BCUT2D eigenvalue weighted by Crippen LogP contribution is 2.11. The molecule has 0 spiro atoms. The summed E-state index contributed by atoms with van der Waals surface area (Å²) in [5, 5.41) is 7.82. The number of hydrazone groups is 1. The Hall–Kier alpha value is -1.94. The number of rotatable bonds is 3. The zero-order valence-electron chi connectivity index (χ0n) is 10.2. The van der Waals surface area contributed by atoms with Crippen molar-refractivity contribution in [3.8, 4) is 0 Å². The van der Waals surface area contributed by atoms with E-state index in [4.69, 9.17) is 12.2 Å². The van der Waals surface area contributed by atoms with Crippen LogP contribution >= 0.6 is 12.2 Å². The molecule has 0 amide bonds. The van der Waals surface area contributed by atoms with Crippen LogP contribution in [-0.2, 0) is 0 Å². The second-order valence-electron chi connectivity index (χ2n) is 3.95. The first-order valence-electron chi connectivity index (χ1n) is 5.78. The predicted molar refractivity (Wildman–Crippen MR) is 80.7 cm³/mol. The number of hydrogen-bond acceptors (Lipinski definition) is 2. The highest BCUT2D eigenvalue weighted by molar-refractivity contribution is 7.80. The lowest BCUT2D eigenvalue weighted by Crippen LogP contribution is -2.24. The van der Waals surface area contributed by atoms with E-state index in [0.717, 1.165) is 17.8 Å². The largest absolute Gasteiger partial charge is 0.331 e. The molecule has 0 unspecified atom stereocenters. The fraction of sp³-hybridized carbons (Fsp3) is 0.143. The first-order chi connectivity index (χ1) is 8.75. The Labute approximate surface area is 112 Å². The zero-order chi connectivity index (χ0) is 12.8. The Bertz CT molecular complexity index is 515. The Morgan fingerprint density at radius 3 is 2.72 bits per heavy atom. The van der Waals surface area contributed by atoms with Crippen LogP contribution in [0.3, 0.4) is 0 Å². The Morgan fingerprint density at radius 2 is 2.06 bits per heavy atom. The van der Waals surface area contributed by atoms with Crippen molar-refractivity contribution < 1.29 is 0 Å². The summed E-state index contributed by atoms with van der Waals surface area (Å²) in [5.41, 5.74) is 5.96. The van der Waals surface area contributed by atoms with Crippen molar-refractivity contribution in [3.05, 3.63) is 54.1 Å². The van der Waals surface area contributed by atoms with Gasteiger partial charge in [0.1, 0.15) is 0 Å². The molecule has 0 saturated carbocycles. The maximum Gasteiger partial charge on any atom is 0.191 e. The third kappa shape index (κ3) is 3.53. The van der Waals surface area contributed by atoms with Gasteiger partial charge in [-0.3, -0.25) is 5.43 Å². The van der Waals surface area contributed by atoms with E-state index < -0.39 is 0 Å². The van der Waals surface area contributed by atoms with E-state index in [9.17, 15) is 0 Å². The topological polar surface area (TPSA) is 36.4 Å². The van der Waals surface area contributed by atoms with Crippen LogP contribution in [0.5, 0.6) is 0 Å². The molecule has 1 aromatic rings. The molecule has 0 radical (unpaired) electrons. The van der Waals surface area contributed by atoms with Gasteiger partial charge in [0.25, 0.3) is 0 Å². The minimum Gasteiger partial charge on any atom is -0.331 e. The van der Waals surface area contributed by atoms with E-state index in [-0.39, 0.29) is 0 Å². The molecule has 4 heteroatoms. The van der Waals surface area contributed by atoms with Gasteiger partial charge in [0.15, 0.2) is 5.11 Å². The van der Waals surface area contributed by atoms with Gasteiger partial charge in [0.2, 0.25) is 0 Å². The van der Waals surface area contributed by atoms with Gasteiger partial charge < -0.3 is 5.32 Å². The minimum absolute atomic E-state index is 0.493. The fourth-order valence-corrected chi connectivity index (χ4v) is 1.77. The van der Waals surface area contributed by atoms with Crippen molar-refractivity contribution in [2.45, 2.75) is 13.3 Å². The molecule has 1 aromatic carbocycles. The van der Waals surface area contributed by atoms with E-state index in [1.807, 2.05) is 43.3 Å². The Balaban J connectivity index is 1.87. The first-order valence-corrected chi connectivity index (χ1v) is 6.19. The van der Waals surface area contributed by atoms with Crippen molar-refractivity contribution in [1.29, 1.82) is 0 Å². The van der Waals surface area contributed by atoms with Gasteiger partial charge in [-0.15, -0.1) is 0 Å². The van der Waals surface area contributed by atoms with Gasteiger partial charge in [-0.25, -0.2) is 0 Å². The van der Waals surface area contributed by atoms with Crippen LogP contribution in [0.15, 0.2) is 59.2 Å². The van der Waals surface area contributed by atoms with Crippen LogP contribution < -0.4 is 10.7 Å². The molecule has 2 rings (SSSR count). The summed E-state index contributed by atoms with van der Waals surface area (Å²) in [6.45, 7) is 1.97. The first kappa shape index (κ1) is 12.5. The molecule has 3 nitrogen and oxygen atoms in total. The van der Waals surface area contributed by atoms with Crippen LogP contribution in [0.4, 0.5) is 5.69 Å². The number of allylic oxidation sites excluding steroid dienone is 4. The molecule has 18 heavy (non-hydrogen) atoms. The van der Waals surface area contributed by atoms with E-state index in [1.54, 1.807) is 0 Å². The summed E-state index contributed by atoms with van der Waals surface area (Å²) in [6.07, 6.45) is 7.15. The highest BCUT2D eigenvalue weighted by atomic mass is 32.1. The number of nitrogens with one attached hydrogen (secondary N) is 2. The molecule has 0 heterocycles. The van der Waals surface area contributed by atoms with Gasteiger partial charge >= 0.3 is 0 Å². The summed E-state index contributed by atoms with van der Waals surface area (Å²) in [5.74, 6) is 0. The lowest BCUT2D eigenvalue weighted by Gasteiger charge is -2.08. The Morgan fingerprint density at radius 1 is 1.28 bits per heavy atom. The summed E-state index contributed by atoms with van der Waals surface area (Å²) < 4.78 is 0. The van der Waals surface area contributed by atoms with Crippen molar-refractivity contribution >= 4 is 28.7 Å². The van der Waals surface area contributed by atoms with Crippen LogP contribution in [0.1, 0.15) is 13.3 Å². The molecular formula is C14H15N3S. The molecule has 1 aliphatic rings. The van der Waals surface area contributed by atoms with Crippen LogP contribution in [0.25, 0.3) is 0 Å². The molecule has 92 valence electrons. The number of nitrogens with zero attached hydrogens (tertiary/aromatic N) is 1. The van der Waals surface area contributed by atoms with Crippen LogP contribution in [0.2, 0.25) is 0 Å². The molecule has 0 fully saturated rings. The number of thiocarbonyl (C=S) groups is 1. The fourth-order valence-electron chi connectivity index (χ4n) is 1.60. The third-order valence-corrected chi connectivity index (χ3v) is 2.79. The van der Waals surface area contributed by atoms with Gasteiger partial charge in [-0.2, -0.15) is 5.10 Å². The third-order valence-electron chi connectivity index (χ3n) is 2.59. The van der Waals surface area contributed by atoms with E-state index in [2.05, 4.69) is 28.0 Å². The predicted octanol–water partition coefficient (Wildman–Crippen LogP) is 3.24. The normalized spacial score (nSPS) is 14.3. The molecule has 0 aliphatic heterocycles. The van der Waals surface area contributed by atoms with Gasteiger partial charge in [-0.1, -0.05) is 36.4 Å². The molecule has 0 saturated heterocycles. The lowest BCUT2D eigenvalue weighted by atomic mass is 10.1. The van der Waals surface area contributed by atoms with Gasteiger partial charge in [0.05, 0.1) is 5.71 Å². The maximum absolute atomic E-state index is 5.16. The maximum atomic E-state index is 5.16. The van der Waals surface area contributed by atoms with Crippen molar-refractivity contribution in [1.82, 2.24) is 5.43 Å². The second-order valence-corrected chi connectivity index (χ2v) is 4.36. The summed E-state index contributed by atoms with van der Waals surface area (Å²) >= 11 is 5.16. The van der Waals surface area contributed by atoms with Crippen molar-refractivity contribution in [3.63, 3.8) is 0 Å². The summed E-state index contributed by atoms with van der Waals surface area (Å²) in [7, 11) is 0. The molecular weight excluding hydrogens is 242 g/mol. The standard InChI is InChI=1S/C14H15N3S/c1-11(12-7-5-6-8-12)16-17-14(18)15-13-9-3-2-4-10-13/h2-7,9-10H,8H2,1H3,(H2,15,17,18)/b16-11+. The minimum atomic E-state index is 0.493. The van der Waals surface area contributed by atoms with Gasteiger partial charge in [0, 0.05) is 5.69 Å². The number of anilines is 1. The quantitative estimate of drug-likeness (QED) is 0.496. The molecule has 1 aliphatic carbocycles. The second kappa shape index (κ2) is 6.12. The highest BCUT2D eigenvalue weighted by Gasteiger charge is 2.03. The lowest BCUT2D eigenvalue weighted by molar-refractivity contribution is 1.03.